The summed E-state index contributed by atoms with van der Waals surface area (Å²) in [7, 11) is 0. The van der Waals surface area contributed by atoms with E-state index >= 15 is 0 Å². The smallest absolute Gasteiger partial charge is 1.00 e. The fourth-order valence-corrected chi connectivity index (χ4v) is 3.25. The van der Waals surface area contributed by atoms with Gasteiger partial charge in [0.15, 0.2) is 0 Å². The molecule has 0 bridgehead atoms. The third kappa shape index (κ3) is 6.38. The van der Waals surface area contributed by atoms with Crippen molar-refractivity contribution in [3.63, 3.8) is 0 Å². The summed E-state index contributed by atoms with van der Waals surface area (Å²) in [6, 6.07) is 10.7. The molecule has 0 nitrogen and oxygen atoms in total. The van der Waals surface area contributed by atoms with Crippen molar-refractivity contribution < 1.29 is 74.2 Å². The van der Waals surface area contributed by atoms with Crippen molar-refractivity contribution in [1.82, 2.24) is 0 Å². The normalized spacial score (nSPS) is 14.7. The van der Waals surface area contributed by atoms with Crippen LogP contribution >= 0.6 is 15.9 Å². The summed E-state index contributed by atoms with van der Waals surface area (Å²) in [5.74, 6) is 0. The molecule has 2 aromatic rings. The number of hydrogen-bond acceptors (Lipinski definition) is 0. The predicted octanol–water partition coefficient (Wildman–Crippen LogP) is 0.747. The maximum Gasteiger partial charge on any atom is 4.00 e. The van der Waals surface area contributed by atoms with E-state index in [0.29, 0.717) is 0 Å². The van der Waals surface area contributed by atoms with Gasteiger partial charge in [0, 0.05) is 0 Å². The van der Waals surface area contributed by atoms with E-state index in [1.807, 2.05) is 0 Å². The van der Waals surface area contributed by atoms with Crippen LogP contribution in [0, 0.1) is 18.4 Å². The third-order valence-corrected chi connectivity index (χ3v) is 5.10. The van der Waals surface area contributed by atoms with E-state index in [1.54, 1.807) is 0 Å². The maximum absolute atomic E-state index is 3.51. The predicted molar refractivity (Wildman–Crippen MR) is 96.6 cm³/mol. The number of benzene rings is 1. The largest absolute Gasteiger partial charge is 4.00 e. The van der Waals surface area contributed by atoms with Gasteiger partial charge in [-0.1, -0.05) is 62.0 Å². The molecule has 0 amide bonds. The van der Waals surface area contributed by atoms with Crippen molar-refractivity contribution in [1.29, 1.82) is 0 Å². The van der Waals surface area contributed by atoms with E-state index in [-0.39, 0.29) is 79.6 Å². The number of fused-ring (bicyclic) bond motifs is 1. The summed E-state index contributed by atoms with van der Waals surface area (Å²) in [6.07, 6.45) is 3.44. The van der Waals surface area contributed by atoms with Crippen LogP contribution in [0.5, 0.6) is 0 Å². The first-order valence-electron chi connectivity index (χ1n) is 7.34. The molecule has 0 unspecified atom stereocenters. The minimum Gasteiger partial charge on any atom is -1.00 e. The number of hydrogen-bond donors (Lipinski definition) is 0. The Hall–Kier alpha value is 1.13. The molecule has 0 radical (unpaired) electrons. The van der Waals surface area contributed by atoms with E-state index < -0.39 is 0 Å². The first-order chi connectivity index (χ1) is 9.72. The summed E-state index contributed by atoms with van der Waals surface area (Å²) in [6.45, 7) is 13.0. The second-order valence-electron chi connectivity index (χ2n) is 6.40. The van der Waals surface area contributed by atoms with Gasteiger partial charge < -0.3 is 48.0 Å². The molecule has 0 N–H and O–H groups in total. The molecule has 0 atom stereocenters. The van der Waals surface area contributed by atoms with Gasteiger partial charge >= 0.3 is 26.2 Å². The first kappa shape index (κ1) is 27.4. The van der Waals surface area contributed by atoms with E-state index in [1.165, 1.54) is 37.5 Å². The van der Waals surface area contributed by atoms with Crippen molar-refractivity contribution >= 4 is 26.7 Å². The van der Waals surface area contributed by atoms with Gasteiger partial charge in [0.05, 0.1) is 0 Å². The Morgan fingerprint density at radius 3 is 2.00 bits per heavy atom. The van der Waals surface area contributed by atoms with Gasteiger partial charge in [-0.15, -0.1) is 41.5 Å². The van der Waals surface area contributed by atoms with Crippen molar-refractivity contribution in [2.45, 2.75) is 41.5 Å². The fourth-order valence-electron chi connectivity index (χ4n) is 2.75. The number of aryl methyl sites for hydroxylation is 1. The maximum atomic E-state index is 3.51. The van der Waals surface area contributed by atoms with E-state index in [9.17, 15) is 0 Å². The van der Waals surface area contributed by atoms with Crippen molar-refractivity contribution in [3.8, 4) is 0 Å². The molecule has 2 aromatic carbocycles. The molecule has 0 spiro atoms. The van der Waals surface area contributed by atoms with Gasteiger partial charge in [-0.3, -0.25) is 6.08 Å². The zero-order valence-electron chi connectivity index (χ0n) is 15.0. The third-order valence-electron chi connectivity index (χ3n) is 4.40. The van der Waals surface area contributed by atoms with Crippen LogP contribution in [0.2, 0.25) is 0 Å². The summed E-state index contributed by atoms with van der Waals surface area (Å²) in [4.78, 5) is 0. The quantitative estimate of drug-likeness (QED) is 0.284. The van der Waals surface area contributed by atoms with Crippen LogP contribution in [0.3, 0.4) is 0 Å². The summed E-state index contributed by atoms with van der Waals surface area (Å²) >= 11 is 3.51. The Morgan fingerprint density at radius 1 is 1.04 bits per heavy atom. The average molecular weight is 688 g/mol. The zero-order chi connectivity index (χ0) is 15.8. The van der Waals surface area contributed by atoms with Crippen LogP contribution < -0.4 is 48.0 Å². The fraction of sp³-hybridized carbons (Fsp3) is 0.350. The Kier molecular flexibility index (Phi) is 12.6. The molecular formula is C20H23BrI2Zr. The summed E-state index contributed by atoms with van der Waals surface area (Å²) in [5.41, 5.74) is 5.72. The molecule has 0 aliphatic heterocycles. The molecule has 0 saturated carbocycles. The summed E-state index contributed by atoms with van der Waals surface area (Å²) in [5, 5.41) is 2.63. The molecule has 3 rings (SSSR count). The SMILES string of the molecule is CC1=[C-]C(C)(C)C(C)=C1C.Cc1cc2c(Br)cccc2[cH-]1.[I-].[I-].[Zr+4]. The minimum atomic E-state index is 0. The molecule has 1 aliphatic rings. The Labute approximate surface area is 208 Å². The standard InChI is InChI=1S/C10H8Br.C10H15.2HI.Zr/c1-7-5-8-3-2-4-10(11)9(8)6-7;1-7-6-10(4,5)9(3)8(7)2;;;/h2-6H,1H3;1-5H3;2*1H;/q2*-1;;;+4/p-2. The van der Waals surface area contributed by atoms with E-state index in [0.717, 1.165) is 0 Å². The second-order valence-corrected chi connectivity index (χ2v) is 7.25. The van der Waals surface area contributed by atoms with Gasteiger partial charge in [0.1, 0.15) is 0 Å². The van der Waals surface area contributed by atoms with Gasteiger partial charge in [0.2, 0.25) is 0 Å². The topological polar surface area (TPSA) is 0 Å². The zero-order valence-corrected chi connectivity index (χ0v) is 23.4. The molecule has 0 heterocycles. The molecule has 0 saturated heterocycles. The minimum absolute atomic E-state index is 0. The van der Waals surface area contributed by atoms with Gasteiger partial charge in [-0.05, 0) is 4.47 Å². The Morgan fingerprint density at radius 2 is 1.62 bits per heavy atom. The van der Waals surface area contributed by atoms with Crippen LogP contribution in [0.25, 0.3) is 10.8 Å². The van der Waals surface area contributed by atoms with Crippen molar-refractivity contribution in [3.05, 3.63) is 63.2 Å². The van der Waals surface area contributed by atoms with Crippen LogP contribution in [-0.2, 0) is 26.2 Å². The first-order valence-corrected chi connectivity index (χ1v) is 8.13. The molecule has 24 heavy (non-hydrogen) atoms. The molecular weight excluding hydrogens is 665 g/mol. The molecule has 0 aromatic heterocycles. The molecule has 4 heteroatoms. The van der Waals surface area contributed by atoms with Gasteiger partial charge in [0.25, 0.3) is 0 Å². The Balaban J connectivity index is 0. The van der Waals surface area contributed by atoms with Crippen LogP contribution in [0.1, 0.15) is 40.2 Å². The van der Waals surface area contributed by atoms with Crippen molar-refractivity contribution in [2.75, 3.05) is 0 Å². The monoisotopic (exact) mass is 686 g/mol. The van der Waals surface area contributed by atoms with E-state index in [4.69, 9.17) is 0 Å². The van der Waals surface area contributed by atoms with Gasteiger partial charge in [-0.25, -0.2) is 5.57 Å². The van der Waals surface area contributed by atoms with Gasteiger partial charge in [-0.2, -0.15) is 17.2 Å². The average Bonchev–Trinajstić information content (AvgIpc) is 2.86. The second kappa shape index (κ2) is 11.1. The number of rotatable bonds is 0. The van der Waals surface area contributed by atoms with E-state index in [2.05, 4.69) is 93.9 Å². The number of allylic oxidation sites excluding steroid dienone is 4. The molecule has 1 aliphatic carbocycles. The van der Waals surface area contributed by atoms with Crippen LogP contribution in [0.4, 0.5) is 0 Å². The molecule has 0 fully saturated rings. The summed E-state index contributed by atoms with van der Waals surface area (Å²) < 4.78 is 1.18. The molecule has 128 valence electrons. The van der Waals surface area contributed by atoms with Crippen LogP contribution in [-0.4, -0.2) is 0 Å². The Bertz CT molecular complexity index is 739. The van der Waals surface area contributed by atoms with Crippen molar-refractivity contribution in [2.24, 2.45) is 5.41 Å². The number of halogens is 3. The van der Waals surface area contributed by atoms with Crippen LogP contribution in [0.15, 0.2) is 51.5 Å².